The molecule has 15 nitrogen and oxygen atoms in total. The summed E-state index contributed by atoms with van der Waals surface area (Å²) in [5.74, 6) is 0.278. The number of methoxy groups -OCH3 is 2. The lowest BCUT2D eigenvalue weighted by Gasteiger charge is -2.21. The molecule has 0 saturated carbocycles. The molecule has 2 amide bonds. The van der Waals surface area contributed by atoms with Gasteiger partial charge >= 0.3 is 18.0 Å². The number of ether oxygens (including phenoxy) is 4. The molecule has 0 aliphatic carbocycles. The third-order valence-electron chi connectivity index (χ3n) is 8.08. The minimum atomic E-state index is -0.747. The Morgan fingerprint density at radius 1 is 0.981 bits per heavy atom. The highest BCUT2D eigenvalue weighted by atomic mass is 16.5. The van der Waals surface area contributed by atoms with Crippen LogP contribution in [-0.2, 0) is 32.7 Å². The summed E-state index contributed by atoms with van der Waals surface area (Å²) in [5, 5.41) is 3.32. The lowest BCUT2D eigenvalue weighted by molar-refractivity contribution is -0.135. The van der Waals surface area contributed by atoms with Crippen LogP contribution in [0.2, 0.25) is 0 Å². The predicted molar refractivity (Wildman–Crippen MR) is 202 cm³/mol. The summed E-state index contributed by atoms with van der Waals surface area (Å²) in [5.41, 5.74) is 9.66. The van der Waals surface area contributed by atoms with Crippen LogP contribution in [0.25, 0.3) is 17.1 Å². The van der Waals surface area contributed by atoms with E-state index in [2.05, 4.69) is 20.0 Å². The molecule has 0 spiro atoms. The number of amidine groups is 1. The number of amides is 2. The molecule has 278 valence electrons. The number of hydrogen-bond donors (Lipinski definition) is 2. The fraction of sp³-hybridized carbons (Fsp3) is 0.205. The number of rotatable bonds is 14. The fourth-order valence-corrected chi connectivity index (χ4v) is 5.29. The molecule has 0 radical (unpaired) electrons. The number of benzene rings is 3. The van der Waals surface area contributed by atoms with Gasteiger partial charge in [-0.15, -0.1) is 0 Å². The average Bonchev–Trinajstić information content (AvgIpc) is 3.50. The Bertz CT molecular complexity index is 2200. The van der Waals surface area contributed by atoms with E-state index in [1.54, 1.807) is 67.7 Å². The van der Waals surface area contributed by atoms with Gasteiger partial charge < -0.3 is 34.6 Å². The molecule has 5 aromatic rings. The number of aromatic nitrogens is 3. The summed E-state index contributed by atoms with van der Waals surface area (Å²) in [6, 6.07) is 22.2. The van der Waals surface area contributed by atoms with Crippen molar-refractivity contribution >= 4 is 58.4 Å². The Morgan fingerprint density at radius 2 is 1.76 bits per heavy atom. The molecule has 3 N–H and O–H groups in total. The van der Waals surface area contributed by atoms with Gasteiger partial charge in [-0.1, -0.05) is 6.07 Å². The molecule has 2 heterocycles. The van der Waals surface area contributed by atoms with Gasteiger partial charge in [-0.25, -0.2) is 19.6 Å². The molecular weight excluding hydrogens is 694 g/mol. The number of fused-ring (bicyclic) bond motifs is 1. The lowest BCUT2D eigenvalue weighted by Crippen LogP contribution is -2.34. The Hall–Kier alpha value is -7.03. The van der Waals surface area contributed by atoms with E-state index in [4.69, 9.17) is 24.9 Å². The van der Waals surface area contributed by atoms with Crippen molar-refractivity contribution in [1.29, 1.82) is 0 Å². The van der Waals surface area contributed by atoms with Crippen LogP contribution in [0.1, 0.15) is 40.7 Å². The molecule has 15 heteroatoms. The number of carbonyl (C=O) groups is 4. The minimum Gasteiger partial charge on any atom is -0.496 e. The summed E-state index contributed by atoms with van der Waals surface area (Å²) in [6.07, 6.45) is 3.46. The SMILES string of the molecule is CCOC(=O)/N=C(\N)c1ccc(NCc2nc3cc(C(=O)N(CCC(=O)Oc4ccc(/C=C/C(=O)OC)c(OC)c4)c4ccccn4)ccc3n2C)cc1. The third-order valence-corrected chi connectivity index (χ3v) is 8.08. The lowest BCUT2D eigenvalue weighted by atomic mass is 10.1. The maximum absolute atomic E-state index is 14.0. The Morgan fingerprint density at radius 3 is 2.46 bits per heavy atom. The van der Waals surface area contributed by atoms with Crippen LogP contribution in [0.5, 0.6) is 11.5 Å². The molecule has 0 unspecified atom stereocenters. The first-order chi connectivity index (χ1) is 26.1. The van der Waals surface area contributed by atoms with Crippen molar-refractivity contribution in [3.05, 3.63) is 114 Å². The third kappa shape index (κ3) is 9.64. The van der Waals surface area contributed by atoms with Gasteiger partial charge in [0.15, 0.2) is 0 Å². The number of nitrogens with zero attached hydrogens (tertiary/aromatic N) is 5. The standard InChI is InChI=1S/C39H39N7O8/c1-5-53-39(50)44-37(40)26-9-14-28(15-10-26)42-24-34-43-30-22-27(12-17-31(30)45(34)2)38(49)46(33-8-6-7-20-41-33)21-19-36(48)54-29-16-11-25(32(23-29)51-3)13-18-35(47)52-4/h6-18,20,22-23,42H,5,19,21,24H2,1-4H3,(H2,40,44,50)/b18-13+. The molecule has 0 saturated heterocycles. The summed E-state index contributed by atoms with van der Waals surface area (Å²) in [6.45, 7) is 2.26. The van der Waals surface area contributed by atoms with Crippen LogP contribution < -0.4 is 25.4 Å². The highest BCUT2D eigenvalue weighted by Gasteiger charge is 2.22. The molecule has 0 aliphatic rings. The van der Waals surface area contributed by atoms with Crippen molar-refractivity contribution in [3.8, 4) is 11.5 Å². The molecule has 5 rings (SSSR count). The van der Waals surface area contributed by atoms with E-state index in [1.165, 1.54) is 37.3 Å². The largest absolute Gasteiger partial charge is 0.496 e. The predicted octanol–water partition coefficient (Wildman–Crippen LogP) is 5.28. The van der Waals surface area contributed by atoms with Gasteiger partial charge in [0.05, 0.1) is 44.8 Å². The van der Waals surface area contributed by atoms with Gasteiger partial charge in [-0.05, 0) is 79.7 Å². The Labute approximate surface area is 311 Å². The van der Waals surface area contributed by atoms with E-state index in [1.807, 2.05) is 29.8 Å². The van der Waals surface area contributed by atoms with Crippen LogP contribution in [-0.4, -0.2) is 71.7 Å². The highest BCUT2D eigenvalue weighted by Crippen LogP contribution is 2.27. The van der Waals surface area contributed by atoms with E-state index in [9.17, 15) is 19.2 Å². The number of nitrogens with one attached hydrogen (secondary N) is 1. The van der Waals surface area contributed by atoms with Gasteiger partial charge in [0.25, 0.3) is 5.91 Å². The topological polar surface area (TPSA) is 190 Å². The van der Waals surface area contributed by atoms with Gasteiger partial charge in [0, 0.05) is 54.3 Å². The number of anilines is 2. The molecule has 0 fully saturated rings. The number of imidazole rings is 1. The van der Waals surface area contributed by atoms with E-state index < -0.39 is 18.0 Å². The second-order valence-corrected chi connectivity index (χ2v) is 11.5. The van der Waals surface area contributed by atoms with E-state index in [0.29, 0.717) is 40.3 Å². The van der Waals surface area contributed by atoms with Crippen LogP contribution in [0.3, 0.4) is 0 Å². The molecular formula is C39H39N7O8. The number of pyridine rings is 1. The number of aliphatic imine (C=N–C) groups is 1. The van der Waals surface area contributed by atoms with Crippen LogP contribution in [0.4, 0.5) is 16.3 Å². The summed E-state index contributed by atoms with van der Waals surface area (Å²) in [4.78, 5) is 64.3. The molecule has 0 atom stereocenters. The molecule has 0 aliphatic heterocycles. The number of esters is 2. The first kappa shape index (κ1) is 38.2. The summed E-state index contributed by atoms with van der Waals surface area (Å²) >= 11 is 0. The number of hydrogen-bond acceptors (Lipinski definition) is 11. The normalized spacial score (nSPS) is 11.3. The smallest absolute Gasteiger partial charge is 0.435 e. The first-order valence-corrected chi connectivity index (χ1v) is 16.8. The van der Waals surface area contributed by atoms with Gasteiger partial charge in [0.1, 0.15) is 29.0 Å². The first-order valence-electron chi connectivity index (χ1n) is 16.8. The van der Waals surface area contributed by atoms with Gasteiger partial charge in [-0.3, -0.25) is 14.5 Å². The maximum Gasteiger partial charge on any atom is 0.435 e. The monoisotopic (exact) mass is 733 g/mol. The van der Waals surface area contributed by atoms with Crippen molar-refractivity contribution in [1.82, 2.24) is 14.5 Å². The number of aryl methyl sites for hydroxylation is 1. The summed E-state index contributed by atoms with van der Waals surface area (Å²) in [7, 11) is 4.62. The van der Waals surface area contributed by atoms with Crippen molar-refractivity contribution < 1.29 is 38.1 Å². The summed E-state index contributed by atoms with van der Waals surface area (Å²) < 4.78 is 22.3. The average molecular weight is 734 g/mol. The number of nitrogens with two attached hydrogens (primary N) is 1. The van der Waals surface area contributed by atoms with Crippen LogP contribution in [0, 0.1) is 0 Å². The molecule has 2 aromatic heterocycles. The van der Waals surface area contributed by atoms with E-state index in [-0.39, 0.29) is 37.1 Å². The maximum atomic E-state index is 14.0. The number of carbonyl (C=O) groups excluding carboxylic acids is 4. The van der Waals surface area contributed by atoms with Crippen LogP contribution >= 0.6 is 0 Å². The van der Waals surface area contributed by atoms with Crippen molar-refractivity contribution in [3.63, 3.8) is 0 Å². The minimum absolute atomic E-state index is 0.0136. The molecule has 3 aromatic carbocycles. The van der Waals surface area contributed by atoms with E-state index >= 15 is 0 Å². The molecule has 0 bridgehead atoms. The Kier molecular flexibility index (Phi) is 12.7. The Balaban J connectivity index is 1.27. The zero-order valence-corrected chi connectivity index (χ0v) is 30.1. The zero-order valence-electron chi connectivity index (χ0n) is 30.1. The zero-order chi connectivity index (χ0) is 38.6. The van der Waals surface area contributed by atoms with E-state index in [0.717, 1.165) is 17.0 Å². The second-order valence-electron chi connectivity index (χ2n) is 11.5. The van der Waals surface area contributed by atoms with Crippen LogP contribution in [0.15, 0.2) is 96.1 Å². The second kappa shape index (κ2) is 17.9. The van der Waals surface area contributed by atoms with Crippen molar-refractivity contribution in [2.75, 3.05) is 37.6 Å². The quantitative estimate of drug-likeness (QED) is 0.0495. The molecule has 54 heavy (non-hydrogen) atoms. The van der Waals surface area contributed by atoms with Gasteiger partial charge in [-0.2, -0.15) is 4.99 Å². The van der Waals surface area contributed by atoms with Gasteiger partial charge in [0.2, 0.25) is 0 Å². The van der Waals surface area contributed by atoms with Crippen molar-refractivity contribution in [2.24, 2.45) is 17.8 Å². The fourth-order valence-electron chi connectivity index (χ4n) is 5.29. The highest BCUT2D eigenvalue weighted by molar-refractivity contribution is 6.07. The van der Waals surface area contributed by atoms with Crippen molar-refractivity contribution in [2.45, 2.75) is 19.9 Å².